The Morgan fingerprint density at radius 1 is 1.56 bits per heavy atom. The molecule has 1 saturated heterocycles. The minimum absolute atomic E-state index is 0.0739. The van der Waals surface area contributed by atoms with Crippen molar-refractivity contribution >= 4 is 23.4 Å². The Morgan fingerprint density at radius 3 is 3.00 bits per heavy atom. The number of carbonyl (C=O) groups is 1. The predicted octanol–water partition coefficient (Wildman–Crippen LogP) is 1.36. The number of amides is 1. The first kappa shape index (κ1) is 11.3. The number of nitrogens with zero attached hydrogens (tertiary/aromatic N) is 1. The molecule has 1 aromatic rings. The highest BCUT2D eigenvalue weighted by Gasteiger charge is 2.18. The number of hydrogen-bond donors (Lipinski definition) is 2. The van der Waals surface area contributed by atoms with Gasteiger partial charge in [0.2, 0.25) is 0 Å². The second kappa shape index (κ2) is 5.21. The van der Waals surface area contributed by atoms with Crippen molar-refractivity contribution in [1.82, 2.24) is 10.3 Å². The molecule has 2 heterocycles. The van der Waals surface area contributed by atoms with E-state index < -0.39 is 0 Å². The van der Waals surface area contributed by atoms with Gasteiger partial charge in [-0.3, -0.25) is 4.79 Å². The number of thioether (sulfide) groups is 1. The third kappa shape index (κ3) is 2.66. The summed E-state index contributed by atoms with van der Waals surface area (Å²) in [6.07, 6.45) is 2.73. The summed E-state index contributed by atoms with van der Waals surface area (Å²) in [5, 5.41) is 5.96. The van der Waals surface area contributed by atoms with E-state index in [1.807, 2.05) is 24.9 Å². The van der Waals surface area contributed by atoms with Gasteiger partial charge in [-0.2, -0.15) is 11.8 Å². The lowest BCUT2D eigenvalue weighted by molar-refractivity contribution is 0.0936. The van der Waals surface area contributed by atoms with Crippen molar-refractivity contribution in [2.45, 2.75) is 12.5 Å². The number of pyridine rings is 1. The molecule has 0 radical (unpaired) electrons. The van der Waals surface area contributed by atoms with Crippen LogP contribution >= 0.6 is 11.8 Å². The number of aromatic nitrogens is 1. The molecule has 86 valence electrons. The van der Waals surface area contributed by atoms with Gasteiger partial charge < -0.3 is 10.6 Å². The van der Waals surface area contributed by atoms with E-state index in [2.05, 4.69) is 15.6 Å². The zero-order chi connectivity index (χ0) is 11.4. The molecule has 1 unspecified atom stereocenters. The largest absolute Gasteiger partial charge is 0.387 e. The average molecular weight is 237 g/mol. The van der Waals surface area contributed by atoms with E-state index in [-0.39, 0.29) is 5.91 Å². The monoisotopic (exact) mass is 237 g/mol. The number of hydrogen-bond acceptors (Lipinski definition) is 4. The van der Waals surface area contributed by atoms with E-state index in [0.29, 0.717) is 11.7 Å². The SMILES string of the molecule is CNc1ccc(C(=O)NC2CCSC2)nc1. The van der Waals surface area contributed by atoms with Gasteiger partial charge in [-0.15, -0.1) is 0 Å². The number of anilines is 1. The van der Waals surface area contributed by atoms with E-state index in [1.165, 1.54) is 0 Å². The van der Waals surface area contributed by atoms with E-state index in [9.17, 15) is 4.79 Å². The van der Waals surface area contributed by atoms with Crippen LogP contribution in [0.3, 0.4) is 0 Å². The Morgan fingerprint density at radius 2 is 2.44 bits per heavy atom. The van der Waals surface area contributed by atoms with E-state index in [0.717, 1.165) is 23.6 Å². The smallest absolute Gasteiger partial charge is 0.270 e. The van der Waals surface area contributed by atoms with Crippen molar-refractivity contribution in [3.05, 3.63) is 24.0 Å². The molecule has 1 atom stereocenters. The summed E-state index contributed by atoms with van der Waals surface area (Å²) in [6.45, 7) is 0. The van der Waals surface area contributed by atoms with Gasteiger partial charge in [0.05, 0.1) is 11.9 Å². The third-order valence-corrected chi connectivity index (χ3v) is 3.71. The lowest BCUT2D eigenvalue weighted by Gasteiger charge is -2.10. The van der Waals surface area contributed by atoms with Gasteiger partial charge in [0, 0.05) is 18.8 Å². The molecule has 16 heavy (non-hydrogen) atoms. The minimum atomic E-state index is -0.0739. The Hall–Kier alpha value is -1.23. The molecule has 1 aliphatic rings. The summed E-state index contributed by atoms with van der Waals surface area (Å²) in [6, 6.07) is 3.90. The van der Waals surface area contributed by atoms with Gasteiger partial charge in [-0.1, -0.05) is 0 Å². The zero-order valence-electron chi connectivity index (χ0n) is 9.19. The number of rotatable bonds is 3. The highest BCUT2D eigenvalue weighted by atomic mass is 32.2. The van der Waals surface area contributed by atoms with Gasteiger partial charge in [-0.25, -0.2) is 4.98 Å². The summed E-state index contributed by atoms with van der Waals surface area (Å²) in [7, 11) is 1.83. The predicted molar refractivity (Wildman–Crippen MR) is 67.0 cm³/mol. The Balaban J connectivity index is 1.97. The highest BCUT2D eigenvalue weighted by molar-refractivity contribution is 7.99. The van der Waals surface area contributed by atoms with E-state index in [1.54, 1.807) is 12.3 Å². The lowest BCUT2D eigenvalue weighted by Crippen LogP contribution is -2.35. The molecule has 5 heteroatoms. The fourth-order valence-corrected chi connectivity index (χ4v) is 2.74. The maximum Gasteiger partial charge on any atom is 0.270 e. The van der Waals surface area contributed by atoms with Crippen LogP contribution in [0.5, 0.6) is 0 Å². The summed E-state index contributed by atoms with van der Waals surface area (Å²) in [4.78, 5) is 15.9. The second-order valence-corrected chi connectivity index (χ2v) is 4.87. The second-order valence-electron chi connectivity index (χ2n) is 3.72. The third-order valence-electron chi connectivity index (χ3n) is 2.55. The van der Waals surface area contributed by atoms with Crippen LogP contribution in [0.25, 0.3) is 0 Å². The molecule has 0 aromatic carbocycles. The van der Waals surface area contributed by atoms with E-state index in [4.69, 9.17) is 0 Å². The van der Waals surface area contributed by atoms with Crippen LogP contribution in [0.15, 0.2) is 18.3 Å². The molecule has 2 N–H and O–H groups in total. The van der Waals surface area contributed by atoms with Crippen molar-refractivity contribution in [2.24, 2.45) is 0 Å². The summed E-state index contributed by atoms with van der Waals surface area (Å²) in [5.74, 6) is 2.08. The molecule has 1 aliphatic heterocycles. The quantitative estimate of drug-likeness (QED) is 0.833. The normalized spacial score (nSPS) is 19.4. The van der Waals surface area contributed by atoms with E-state index >= 15 is 0 Å². The molecule has 1 amide bonds. The number of carbonyl (C=O) groups excluding carboxylic acids is 1. The van der Waals surface area contributed by atoms with Crippen LogP contribution < -0.4 is 10.6 Å². The molecule has 0 saturated carbocycles. The van der Waals surface area contributed by atoms with Crippen molar-refractivity contribution in [3.8, 4) is 0 Å². The molecule has 0 bridgehead atoms. The fraction of sp³-hybridized carbons (Fsp3) is 0.455. The standard InChI is InChI=1S/C11H15N3OS/c1-12-8-2-3-10(13-6-8)11(15)14-9-4-5-16-7-9/h2-3,6,9,12H,4-5,7H2,1H3,(H,14,15). The molecule has 0 aliphatic carbocycles. The fourth-order valence-electron chi connectivity index (χ4n) is 1.58. The van der Waals surface area contributed by atoms with Crippen molar-refractivity contribution in [3.63, 3.8) is 0 Å². The van der Waals surface area contributed by atoms with Crippen LogP contribution in [-0.4, -0.2) is 35.5 Å². The Bertz CT molecular complexity index is 360. The van der Waals surface area contributed by atoms with Crippen LogP contribution in [0.1, 0.15) is 16.9 Å². The maximum absolute atomic E-state index is 11.8. The summed E-state index contributed by atoms with van der Waals surface area (Å²) >= 11 is 1.88. The zero-order valence-corrected chi connectivity index (χ0v) is 10.0. The molecule has 0 spiro atoms. The molecule has 2 rings (SSSR count). The van der Waals surface area contributed by atoms with Crippen LogP contribution in [0.2, 0.25) is 0 Å². The highest BCUT2D eigenvalue weighted by Crippen LogP contribution is 2.17. The molecule has 1 aromatic heterocycles. The molecule has 4 nitrogen and oxygen atoms in total. The van der Waals surface area contributed by atoms with Gasteiger partial charge in [0.15, 0.2) is 0 Å². The van der Waals surface area contributed by atoms with Crippen LogP contribution in [-0.2, 0) is 0 Å². The van der Waals surface area contributed by atoms with Crippen molar-refractivity contribution in [1.29, 1.82) is 0 Å². The topological polar surface area (TPSA) is 54.0 Å². The summed E-state index contributed by atoms with van der Waals surface area (Å²) < 4.78 is 0. The lowest BCUT2D eigenvalue weighted by atomic mass is 10.2. The molecular weight excluding hydrogens is 222 g/mol. The number of nitrogens with one attached hydrogen (secondary N) is 2. The van der Waals surface area contributed by atoms with Gasteiger partial charge >= 0.3 is 0 Å². The van der Waals surface area contributed by atoms with Crippen molar-refractivity contribution in [2.75, 3.05) is 23.9 Å². The van der Waals surface area contributed by atoms with Crippen LogP contribution in [0.4, 0.5) is 5.69 Å². The minimum Gasteiger partial charge on any atom is -0.387 e. The van der Waals surface area contributed by atoms with Gasteiger partial charge in [0.1, 0.15) is 5.69 Å². The van der Waals surface area contributed by atoms with Crippen molar-refractivity contribution < 1.29 is 4.79 Å². The Labute approximate surface area is 99.2 Å². The first-order valence-electron chi connectivity index (χ1n) is 5.32. The first-order valence-corrected chi connectivity index (χ1v) is 6.47. The van der Waals surface area contributed by atoms with Crippen LogP contribution in [0, 0.1) is 0 Å². The van der Waals surface area contributed by atoms with Gasteiger partial charge in [0.25, 0.3) is 5.91 Å². The first-order chi connectivity index (χ1) is 7.79. The molecule has 1 fully saturated rings. The summed E-state index contributed by atoms with van der Waals surface area (Å²) in [5.41, 5.74) is 1.39. The van der Waals surface area contributed by atoms with Gasteiger partial charge in [-0.05, 0) is 24.3 Å². The Kier molecular flexibility index (Phi) is 3.66. The average Bonchev–Trinajstić information content (AvgIpc) is 2.82. The molecular formula is C11H15N3OS. The maximum atomic E-state index is 11.8.